The van der Waals surface area contributed by atoms with Gasteiger partial charge in [0.25, 0.3) is 0 Å². The third-order valence-corrected chi connectivity index (χ3v) is 8.38. The predicted octanol–water partition coefficient (Wildman–Crippen LogP) is 7.16. The molecule has 0 saturated heterocycles. The summed E-state index contributed by atoms with van der Waals surface area (Å²) in [6, 6.07) is 29.8. The molecular formula is C32H27N3O. The molecule has 0 saturated carbocycles. The topological polar surface area (TPSA) is 57.8 Å². The summed E-state index contributed by atoms with van der Waals surface area (Å²) >= 11 is 0. The maximum atomic E-state index is 13.9. The molecule has 1 atom stereocenters. The van der Waals surface area contributed by atoms with Gasteiger partial charge >= 0.3 is 0 Å². The first-order chi connectivity index (χ1) is 17.5. The summed E-state index contributed by atoms with van der Waals surface area (Å²) in [4.78, 5) is 21.9. The molecule has 4 nitrogen and oxygen atoms in total. The number of carbonyl (C=O) groups excluding carboxylic acids is 1. The van der Waals surface area contributed by atoms with Crippen molar-refractivity contribution in [3.05, 3.63) is 119 Å². The monoisotopic (exact) mass is 469 g/mol. The minimum atomic E-state index is -0.573. The molecule has 176 valence electrons. The third kappa shape index (κ3) is 2.94. The second-order valence-corrected chi connectivity index (χ2v) is 10.4. The number of hydrogen-bond donors (Lipinski definition) is 2. The van der Waals surface area contributed by atoms with Gasteiger partial charge in [-0.25, -0.2) is 4.98 Å². The van der Waals surface area contributed by atoms with E-state index in [-0.39, 0.29) is 17.7 Å². The van der Waals surface area contributed by atoms with Crippen molar-refractivity contribution in [2.45, 2.75) is 32.1 Å². The number of hydrogen-bond acceptors (Lipinski definition) is 2. The van der Waals surface area contributed by atoms with Gasteiger partial charge in [-0.2, -0.15) is 0 Å². The largest absolute Gasteiger partial charge is 0.330 e. The zero-order chi connectivity index (χ0) is 24.4. The fourth-order valence-corrected chi connectivity index (χ4v) is 6.64. The van der Waals surface area contributed by atoms with Crippen LogP contribution in [0.25, 0.3) is 22.0 Å². The third-order valence-electron chi connectivity index (χ3n) is 8.38. The Hall–Kier alpha value is -4.18. The van der Waals surface area contributed by atoms with Crippen molar-refractivity contribution in [1.82, 2.24) is 9.97 Å². The van der Waals surface area contributed by atoms with Crippen molar-refractivity contribution >= 4 is 22.6 Å². The Kier molecular flexibility index (Phi) is 4.50. The van der Waals surface area contributed by atoms with E-state index in [1.807, 2.05) is 6.20 Å². The number of anilines is 1. The molecule has 1 heterocycles. The maximum Gasteiger partial charge on any atom is 0.233 e. The van der Waals surface area contributed by atoms with Crippen LogP contribution in [-0.2, 0) is 4.79 Å². The minimum absolute atomic E-state index is 0.0103. The van der Waals surface area contributed by atoms with E-state index in [1.165, 1.54) is 33.2 Å². The Labute approximate surface area is 210 Å². The number of rotatable bonds is 3. The molecule has 1 unspecified atom stereocenters. The zero-order valence-electron chi connectivity index (χ0n) is 20.4. The first-order valence-electron chi connectivity index (χ1n) is 12.6. The number of nitrogens with zero attached hydrogens (tertiary/aromatic N) is 1. The van der Waals surface area contributed by atoms with Crippen molar-refractivity contribution in [1.29, 1.82) is 0 Å². The van der Waals surface area contributed by atoms with Gasteiger partial charge in [0.05, 0.1) is 11.1 Å². The summed E-state index contributed by atoms with van der Waals surface area (Å²) in [6.07, 6.45) is 2.67. The summed E-state index contributed by atoms with van der Waals surface area (Å²) < 4.78 is 0. The number of amides is 1. The van der Waals surface area contributed by atoms with Crippen molar-refractivity contribution in [3.8, 4) is 11.3 Å². The average Bonchev–Trinajstić information content (AvgIpc) is 3.37. The number of imidazole rings is 1. The molecule has 8 rings (SSSR count). The number of aromatic nitrogens is 2. The lowest BCUT2D eigenvalue weighted by molar-refractivity contribution is -0.126. The lowest BCUT2D eigenvalue weighted by atomic mass is 9.52. The van der Waals surface area contributed by atoms with Gasteiger partial charge in [0.1, 0.15) is 0 Å². The molecule has 4 aromatic carbocycles. The molecule has 5 aromatic rings. The Morgan fingerprint density at radius 1 is 0.861 bits per heavy atom. The van der Waals surface area contributed by atoms with Gasteiger partial charge in [0.2, 0.25) is 11.9 Å². The summed E-state index contributed by atoms with van der Waals surface area (Å²) in [5.41, 5.74) is 7.81. The van der Waals surface area contributed by atoms with Crippen LogP contribution in [0.3, 0.4) is 0 Å². The molecule has 1 amide bonds. The highest BCUT2D eigenvalue weighted by atomic mass is 16.2. The lowest BCUT2D eigenvalue weighted by Gasteiger charge is -2.50. The maximum absolute atomic E-state index is 13.9. The second-order valence-electron chi connectivity index (χ2n) is 10.4. The van der Waals surface area contributed by atoms with Crippen LogP contribution in [0.1, 0.15) is 53.0 Å². The van der Waals surface area contributed by atoms with E-state index in [4.69, 9.17) is 4.98 Å². The van der Waals surface area contributed by atoms with E-state index < -0.39 is 5.41 Å². The molecule has 36 heavy (non-hydrogen) atoms. The van der Waals surface area contributed by atoms with Gasteiger partial charge in [-0.05, 0) is 58.9 Å². The number of aromatic amines is 1. The highest BCUT2D eigenvalue weighted by Crippen LogP contribution is 2.61. The van der Waals surface area contributed by atoms with Crippen molar-refractivity contribution in [2.75, 3.05) is 5.32 Å². The van der Waals surface area contributed by atoms with E-state index >= 15 is 0 Å². The molecule has 2 bridgehead atoms. The van der Waals surface area contributed by atoms with E-state index in [2.05, 4.69) is 109 Å². The van der Waals surface area contributed by atoms with Gasteiger partial charge in [-0.3, -0.25) is 10.1 Å². The van der Waals surface area contributed by atoms with E-state index in [0.717, 1.165) is 23.1 Å². The van der Waals surface area contributed by atoms with Gasteiger partial charge in [0, 0.05) is 23.6 Å². The molecule has 0 radical (unpaired) electrons. The van der Waals surface area contributed by atoms with Crippen LogP contribution in [0, 0.1) is 12.3 Å². The fourth-order valence-electron chi connectivity index (χ4n) is 6.64. The van der Waals surface area contributed by atoms with Gasteiger partial charge in [-0.15, -0.1) is 0 Å². The first-order valence-corrected chi connectivity index (χ1v) is 12.6. The van der Waals surface area contributed by atoms with Crippen molar-refractivity contribution in [3.63, 3.8) is 0 Å². The van der Waals surface area contributed by atoms with Crippen LogP contribution >= 0.6 is 0 Å². The highest BCUT2D eigenvalue weighted by molar-refractivity contribution is 5.99. The fraction of sp³-hybridized carbons (Fsp3) is 0.188. The molecule has 1 aromatic heterocycles. The summed E-state index contributed by atoms with van der Waals surface area (Å²) in [6.45, 7) is 4.24. The Morgan fingerprint density at radius 2 is 1.47 bits per heavy atom. The lowest BCUT2D eigenvalue weighted by Crippen LogP contribution is -2.47. The first kappa shape index (κ1) is 21.1. The van der Waals surface area contributed by atoms with Gasteiger partial charge in [-0.1, -0.05) is 84.9 Å². The second kappa shape index (κ2) is 7.66. The standard InChI is InChI=1S/C32H27N3O/c1-19-15-16-24(21-10-4-3-9-20(19)21)28-18-33-31(34-28)35-30(36)32(2)17-27-22-11-5-7-13-25(22)29(32)26-14-8-6-12-23(26)27/h3-16,18,27,29H,17H2,1-2H3,(H2,33,34,35,36). The number of nitrogens with one attached hydrogen (secondary N) is 2. The Morgan fingerprint density at radius 3 is 2.17 bits per heavy atom. The molecule has 0 aliphatic heterocycles. The average molecular weight is 470 g/mol. The van der Waals surface area contributed by atoms with Crippen LogP contribution in [0.2, 0.25) is 0 Å². The summed E-state index contributed by atoms with van der Waals surface area (Å²) in [5.74, 6) is 0.745. The summed E-state index contributed by atoms with van der Waals surface area (Å²) in [5, 5.41) is 5.52. The summed E-state index contributed by atoms with van der Waals surface area (Å²) in [7, 11) is 0. The van der Waals surface area contributed by atoms with Crippen LogP contribution in [-0.4, -0.2) is 15.9 Å². The highest BCUT2D eigenvalue weighted by Gasteiger charge is 2.53. The van der Waals surface area contributed by atoms with E-state index in [1.54, 1.807) is 0 Å². The zero-order valence-corrected chi connectivity index (χ0v) is 20.4. The molecule has 3 aliphatic rings. The van der Waals surface area contributed by atoms with Gasteiger partial charge < -0.3 is 4.98 Å². The Balaban J connectivity index is 1.24. The number of benzene rings is 4. The SMILES string of the molecule is Cc1ccc(-c2c[nH]c(NC(=O)C3(C)CC4c5ccccc5C3c3ccccc34)n2)c2ccccc12. The van der Waals surface area contributed by atoms with Crippen LogP contribution in [0.5, 0.6) is 0 Å². The van der Waals surface area contributed by atoms with Crippen molar-refractivity contribution in [2.24, 2.45) is 5.41 Å². The van der Waals surface area contributed by atoms with Crippen LogP contribution in [0.4, 0.5) is 5.95 Å². The van der Waals surface area contributed by atoms with Crippen LogP contribution in [0.15, 0.2) is 91.1 Å². The van der Waals surface area contributed by atoms with E-state index in [9.17, 15) is 4.79 Å². The molecule has 2 N–H and O–H groups in total. The van der Waals surface area contributed by atoms with Crippen LogP contribution < -0.4 is 5.32 Å². The minimum Gasteiger partial charge on any atom is -0.330 e. The van der Waals surface area contributed by atoms with Crippen molar-refractivity contribution < 1.29 is 4.79 Å². The van der Waals surface area contributed by atoms with E-state index in [0.29, 0.717) is 5.95 Å². The number of fused-ring (bicyclic) bond motifs is 2. The molecule has 3 aliphatic carbocycles. The quantitative estimate of drug-likeness (QED) is 0.294. The van der Waals surface area contributed by atoms with Gasteiger partial charge in [0.15, 0.2) is 0 Å². The number of carbonyl (C=O) groups is 1. The number of H-pyrrole nitrogens is 1. The normalized spacial score (nSPS) is 21.7. The smallest absolute Gasteiger partial charge is 0.233 e. The Bertz CT molecular complexity index is 1620. The number of aryl methyl sites for hydroxylation is 1. The molecular weight excluding hydrogens is 442 g/mol. The molecule has 0 fully saturated rings. The predicted molar refractivity (Wildman–Crippen MR) is 144 cm³/mol. The molecule has 0 spiro atoms. The molecule has 4 heteroatoms.